The Bertz CT molecular complexity index is 1210. The zero-order valence-electron chi connectivity index (χ0n) is 21.1. The molecule has 196 valence electrons. The highest BCUT2D eigenvalue weighted by molar-refractivity contribution is 5.96. The molecule has 0 atom stereocenters. The zero-order valence-corrected chi connectivity index (χ0v) is 21.1. The summed E-state index contributed by atoms with van der Waals surface area (Å²) in [7, 11) is 4.50. The number of hydrogen-bond donors (Lipinski definition) is 1. The first kappa shape index (κ1) is 26.0. The van der Waals surface area contributed by atoms with Crippen molar-refractivity contribution in [3.63, 3.8) is 0 Å². The number of benzene rings is 2. The second kappa shape index (κ2) is 11.8. The van der Waals surface area contributed by atoms with E-state index in [1.165, 1.54) is 39.5 Å². The summed E-state index contributed by atoms with van der Waals surface area (Å²) in [6.45, 7) is 0.369. The SMILES string of the molecule is COc1cc(C(=O)N(Cc2cc(C(=O)NCc3ccc(F)cc3)no2)C2CCCC2)cc(OC)c1OC. The van der Waals surface area contributed by atoms with Crippen molar-refractivity contribution in [3.8, 4) is 17.2 Å². The van der Waals surface area contributed by atoms with E-state index in [4.69, 9.17) is 18.7 Å². The summed E-state index contributed by atoms with van der Waals surface area (Å²) in [4.78, 5) is 28.0. The lowest BCUT2D eigenvalue weighted by Crippen LogP contribution is -2.38. The summed E-state index contributed by atoms with van der Waals surface area (Å²) in [5.41, 5.74) is 1.24. The quantitative estimate of drug-likeness (QED) is 0.432. The topological polar surface area (TPSA) is 103 Å². The maximum Gasteiger partial charge on any atom is 0.273 e. The smallest absolute Gasteiger partial charge is 0.273 e. The largest absolute Gasteiger partial charge is 0.493 e. The van der Waals surface area contributed by atoms with Crippen molar-refractivity contribution in [1.29, 1.82) is 0 Å². The summed E-state index contributed by atoms with van der Waals surface area (Å²) in [5.74, 6) is 0.574. The first-order valence-electron chi connectivity index (χ1n) is 12.0. The van der Waals surface area contributed by atoms with Crippen LogP contribution in [0.25, 0.3) is 0 Å². The van der Waals surface area contributed by atoms with Gasteiger partial charge in [0.15, 0.2) is 23.0 Å². The number of methoxy groups -OCH3 is 3. The lowest BCUT2D eigenvalue weighted by molar-refractivity contribution is 0.0642. The molecule has 0 unspecified atom stereocenters. The predicted molar refractivity (Wildman–Crippen MR) is 132 cm³/mol. The Morgan fingerprint density at radius 2 is 1.68 bits per heavy atom. The highest BCUT2D eigenvalue weighted by Gasteiger charge is 2.30. The number of amides is 2. The third-order valence-corrected chi connectivity index (χ3v) is 6.42. The Kier molecular flexibility index (Phi) is 8.27. The Labute approximate surface area is 214 Å². The number of carbonyl (C=O) groups excluding carboxylic acids is 2. The molecule has 9 nitrogen and oxygen atoms in total. The molecule has 10 heteroatoms. The Balaban J connectivity index is 1.51. The monoisotopic (exact) mass is 511 g/mol. The fourth-order valence-electron chi connectivity index (χ4n) is 4.49. The van der Waals surface area contributed by atoms with E-state index in [9.17, 15) is 14.0 Å². The van der Waals surface area contributed by atoms with Crippen LogP contribution in [0, 0.1) is 5.82 Å². The van der Waals surface area contributed by atoms with Crippen molar-refractivity contribution < 1.29 is 32.7 Å². The van der Waals surface area contributed by atoms with Crippen LogP contribution >= 0.6 is 0 Å². The number of rotatable bonds is 10. The third-order valence-electron chi connectivity index (χ3n) is 6.42. The molecule has 1 fully saturated rings. The maximum absolute atomic E-state index is 13.7. The van der Waals surface area contributed by atoms with E-state index in [0.717, 1.165) is 31.2 Å². The van der Waals surface area contributed by atoms with Gasteiger partial charge >= 0.3 is 0 Å². The van der Waals surface area contributed by atoms with Gasteiger partial charge < -0.3 is 29.0 Å². The fraction of sp³-hybridized carbons (Fsp3) is 0.370. The molecular weight excluding hydrogens is 481 g/mol. The van der Waals surface area contributed by atoms with Gasteiger partial charge in [-0.15, -0.1) is 0 Å². The zero-order chi connectivity index (χ0) is 26.4. The van der Waals surface area contributed by atoms with Crippen molar-refractivity contribution in [2.45, 2.75) is 44.8 Å². The average molecular weight is 512 g/mol. The minimum absolute atomic E-state index is 0.0208. The van der Waals surface area contributed by atoms with E-state index in [1.54, 1.807) is 29.2 Å². The Morgan fingerprint density at radius 1 is 1.03 bits per heavy atom. The molecule has 4 rings (SSSR count). The van der Waals surface area contributed by atoms with Crippen molar-refractivity contribution in [2.75, 3.05) is 21.3 Å². The summed E-state index contributed by atoms with van der Waals surface area (Å²) >= 11 is 0. The van der Waals surface area contributed by atoms with Crippen LogP contribution in [0.5, 0.6) is 17.2 Å². The van der Waals surface area contributed by atoms with Crippen LogP contribution in [0.15, 0.2) is 47.0 Å². The van der Waals surface area contributed by atoms with Gasteiger partial charge in [0, 0.05) is 24.2 Å². The Hall–Kier alpha value is -4.08. The number of aromatic nitrogens is 1. The number of nitrogens with one attached hydrogen (secondary N) is 1. The van der Waals surface area contributed by atoms with Gasteiger partial charge in [0.25, 0.3) is 11.8 Å². The second-order valence-electron chi connectivity index (χ2n) is 8.77. The number of ether oxygens (including phenoxy) is 3. The Morgan fingerprint density at radius 3 is 2.27 bits per heavy atom. The molecule has 3 aromatic rings. The van der Waals surface area contributed by atoms with Gasteiger partial charge in [-0.1, -0.05) is 30.1 Å². The van der Waals surface area contributed by atoms with Crippen LogP contribution in [-0.4, -0.2) is 49.2 Å². The van der Waals surface area contributed by atoms with Crippen molar-refractivity contribution in [2.24, 2.45) is 0 Å². The minimum atomic E-state index is -0.428. The van der Waals surface area contributed by atoms with E-state index in [0.29, 0.717) is 28.6 Å². The molecule has 37 heavy (non-hydrogen) atoms. The van der Waals surface area contributed by atoms with E-state index in [2.05, 4.69) is 10.5 Å². The molecule has 1 aliphatic carbocycles. The molecule has 0 radical (unpaired) electrons. The number of hydrogen-bond acceptors (Lipinski definition) is 7. The number of halogens is 1. The maximum atomic E-state index is 13.7. The van der Waals surface area contributed by atoms with Crippen LogP contribution < -0.4 is 19.5 Å². The van der Waals surface area contributed by atoms with Gasteiger partial charge in [0.05, 0.1) is 27.9 Å². The van der Waals surface area contributed by atoms with Gasteiger partial charge in [-0.3, -0.25) is 9.59 Å². The molecule has 1 aliphatic rings. The van der Waals surface area contributed by atoms with Crippen molar-refractivity contribution >= 4 is 11.8 Å². The summed E-state index contributed by atoms with van der Waals surface area (Å²) in [6.07, 6.45) is 3.79. The van der Waals surface area contributed by atoms with Crippen LogP contribution in [-0.2, 0) is 13.1 Å². The van der Waals surface area contributed by atoms with Crippen LogP contribution in [0.1, 0.15) is 57.9 Å². The van der Waals surface area contributed by atoms with Gasteiger partial charge in [-0.25, -0.2) is 4.39 Å². The minimum Gasteiger partial charge on any atom is -0.493 e. The highest BCUT2D eigenvalue weighted by Crippen LogP contribution is 2.39. The molecule has 1 saturated carbocycles. The van der Waals surface area contributed by atoms with Crippen LogP contribution in [0.4, 0.5) is 4.39 Å². The molecule has 0 bridgehead atoms. The fourth-order valence-corrected chi connectivity index (χ4v) is 4.49. The molecule has 1 heterocycles. The molecular formula is C27H30FN3O6. The number of nitrogens with zero attached hydrogens (tertiary/aromatic N) is 2. The first-order chi connectivity index (χ1) is 17.9. The van der Waals surface area contributed by atoms with Gasteiger partial charge in [0.2, 0.25) is 5.75 Å². The van der Waals surface area contributed by atoms with Crippen molar-refractivity contribution in [3.05, 3.63) is 70.9 Å². The van der Waals surface area contributed by atoms with E-state index >= 15 is 0 Å². The van der Waals surface area contributed by atoms with E-state index in [1.807, 2.05) is 0 Å². The van der Waals surface area contributed by atoms with Gasteiger partial charge in [0.1, 0.15) is 5.82 Å². The number of carbonyl (C=O) groups is 2. The van der Waals surface area contributed by atoms with Crippen LogP contribution in [0.2, 0.25) is 0 Å². The summed E-state index contributed by atoms with van der Waals surface area (Å²) in [6, 6.07) is 10.7. The second-order valence-corrected chi connectivity index (χ2v) is 8.77. The third kappa shape index (κ3) is 6.02. The van der Waals surface area contributed by atoms with E-state index < -0.39 is 5.91 Å². The van der Waals surface area contributed by atoms with Crippen LogP contribution in [0.3, 0.4) is 0 Å². The summed E-state index contributed by atoms with van der Waals surface area (Å²) < 4.78 is 34.7. The normalized spacial score (nSPS) is 13.3. The molecule has 0 spiro atoms. The lowest BCUT2D eigenvalue weighted by atomic mass is 10.1. The molecule has 2 amide bonds. The van der Waals surface area contributed by atoms with E-state index in [-0.39, 0.29) is 36.5 Å². The lowest BCUT2D eigenvalue weighted by Gasteiger charge is -2.28. The molecule has 2 aromatic carbocycles. The first-order valence-corrected chi connectivity index (χ1v) is 12.0. The van der Waals surface area contributed by atoms with Gasteiger partial charge in [-0.2, -0.15) is 0 Å². The molecule has 0 aliphatic heterocycles. The van der Waals surface area contributed by atoms with Gasteiger partial charge in [-0.05, 0) is 42.7 Å². The summed E-state index contributed by atoms with van der Waals surface area (Å²) in [5, 5.41) is 6.63. The highest BCUT2D eigenvalue weighted by atomic mass is 19.1. The van der Waals surface area contributed by atoms with Crippen molar-refractivity contribution in [1.82, 2.24) is 15.4 Å². The standard InChI is InChI=1S/C27H30FN3O6/c1-34-23-12-18(13-24(35-2)25(23)36-3)27(33)31(20-6-4-5-7-20)16-21-14-22(30-37-21)26(32)29-15-17-8-10-19(28)11-9-17/h8-14,20H,4-7,15-16H2,1-3H3,(H,29,32). The molecule has 0 saturated heterocycles. The molecule has 1 aromatic heterocycles. The average Bonchev–Trinajstić information content (AvgIpc) is 3.62. The predicted octanol–water partition coefficient (Wildman–Crippen LogP) is 4.35. The molecule has 1 N–H and O–H groups in total.